The lowest BCUT2D eigenvalue weighted by molar-refractivity contribution is 0.586. The van der Waals surface area contributed by atoms with E-state index in [0.717, 1.165) is 32.0 Å². The maximum atomic E-state index is 4.64. The molecular weight excluding hydrogens is 272 g/mol. The van der Waals surface area contributed by atoms with E-state index in [1.165, 1.54) is 42.1 Å². The van der Waals surface area contributed by atoms with Crippen LogP contribution in [0.15, 0.2) is 30.5 Å². The number of hydrogen-bond acceptors (Lipinski definition) is 4. The number of aromatic nitrogens is 1. The monoisotopic (exact) mass is 296 g/mol. The Bertz CT molecular complexity index is 643. The van der Waals surface area contributed by atoms with Gasteiger partial charge < -0.3 is 15.5 Å². The average Bonchev–Trinajstić information content (AvgIpc) is 3.08. The van der Waals surface area contributed by atoms with Gasteiger partial charge >= 0.3 is 0 Å². The largest absolute Gasteiger partial charge is 0.382 e. The van der Waals surface area contributed by atoms with Crippen molar-refractivity contribution in [1.82, 2.24) is 10.3 Å². The Morgan fingerprint density at radius 2 is 1.91 bits per heavy atom. The smallest absolute Gasteiger partial charge is 0.136 e. The summed E-state index contributed by atoms with van der Waals surface area (Å²) in [6.45, 7) is 4.15. The molecule has 0 bridgehead atoms. The van der Waals surface area contributed by atoms with Gasteiger partial charge in [0.1, 0.15) is 5.82 Å². The topological polar surface area (TPSA) is 40.2 Å². The highest BCUT2D eigenvalue weighted by molar-refractivity contribution is 5.94. The van der Waals surface area contributed by atoms with Gasteiger partial charge in [0.2, 0.25) is 0 Å². The molecule has 2 heterocycles. The van der Waals surface area contributed by atoms with Crippen molar-refractivity contribution in [1.29, 1.82) is 0 Å². The summed E-state index contributed by atoms with van der Waals surface area (Å²) < 4.78 is 0. The molecule has 22 heavy (non-hydrogen) atoms. The Balaban J connectivity index is 1.62. The molecule has 1 aliphatic carbocycles. The Morgan fingerprint density at radius 3 is 2.73 bits per heavy atom. The van der Waals surface area contributed by atoms with Crippen molar-refractivity contribution < 1.29 is 0 Å². The van der Waals surface area contributed by atoms with Crippen LogP contribution < -0.4 is 15.5 Å². The molecular formula is C18H24N4. The first-order valence-corrected chi connectivity index (χ1v) is 8.51. The quantitative estimate of drug-likeness (QED) is 0.913. The molecule has 1 aromatic carbocycles. The summed E-state index contributed by atoms with van der Waals surface area (Å²) in [7, 11) is 0. The van der Waals surface area contributed by atoms with Crippen LogP contribution in [0.3, 0.4) is 0 Å². The number of pyridine rings is 1. The molecule has 2 N–H and O–H groups in total. The molecule has 116 valence electrons. The van der Waals surface area contributed by atoms with E-state index in [-0.39, 0.29) is 0 Å². The molecule has 2 aromatic rings. The number of fused-ring (bicyclic) bond motifs is 1. The van der Waals surface area contributed by atoms with Gasteiger partial charge in [0.05, 0.1) is 0 Å². The van der Waals surface area contributed by atoms with E-state index >= 15 is 0 Å². The number of rotatable bonds is 3. The number of nitrogens with zero attached hydrogens (tertiary/aromatic N) is 2. The van der Waals surface area contributed by atoms with Gasteiger partial charge in [0.25, 0.3) is 0 Å². The minimum Gasteiger partial charge on any atom is -0.382 e. The van der Waals surface area contributed by atoms with Crippen LogP contribution in [0.4, 0.5) is 11.5 Å². The first-order chi connectivity index (χ1) is 10.9. The minimum atomic E-state index is 0.659. The average molecular weight is 296 g/mol. The lowest BCUT2D eigenvalue weighted by Gasteiger charge is -2.29. The van der Waals surface area contributed by atoms with Crippen molar-refractivity contribution in [3.8, 4) is 0 Å². The molecule has 2 fully saturated rings. The Morgan fingerprint density at radius 1 is 1.09 bits per heavy atom. The lowest BCUT2D eigenvalue weighted by Crippen LogP contribution is -2.43. The number of piperazine rings is 1. The molecule has 0 radical (unpaired) electrons. The highest BCUT2D eigenvalue weighted by atomic mass is 15.2. The molecule has 1 saturated heterocycles. The van der Waals surface area contributed by atoms with Gasteiger partial charge in [0.15, 0.2) is 0 Å². The summed E-state index contributed by atoms with van der Waals surface area (Å²) >= 11 is 0. The zero-order valence-corrected chi connectivity index (χ0v) is 13.0. The van der Waals surface area contributed by atoms with E-state index < -0.39 is 0 Å². The van der Waals surface area contributed by atoms with Gasteiger partial charge in [-0.1, -0.05) is 12.8 Å². The fraction of sp³-hybridized carbons (Fsp3) is 0.500. The molecule has 1 saturated carbocycles. The van der Waals surface area contributed by atoms with E-state index in [9.17, 15) is 0 Å². The zero-order valence-electron chi connectivity index (χ0n) is 13.0. The Labute approximate surface area is 131 Å². The van der Waals surface area contributed by atoms with Crippen LogP contribution >= 0.6 is 0 Å². The SMILES string of the molecule is c1cc2cc(NC3CCCC3)ccc2c(N2CCNCC2)n1. The molecule has 0 unspecified atom stereocenters. The summed E-state index contributed by atoms with van der Waals surface area (Å²) in [5.41, 5.74) is 1.25. The van der Waals surface area contributed by atoms with E-state index in [0.29, 0.717) is 6.04 Å². The maximum absolute atomic E-state index is 4.64. The van der Waals surface area contributed by atoms with Gasteiger partial charge in [-0.3, -0.25) is 0 Å². The molecule has 4 heteroatoms. The standard InChI is InChI=1S/C18H24N4/c1-2-4-15(3-1)21-16-5-6-17-14(13-16)7-8-20-18(17)22-11-9-19-10-12-22/h5-8,13,15,19,21H,1-4,9-12H2. The number of benzene rings is 1. The summed E-state index contributed by atoms with van der Waals surface area (Å²) in [4.78, 5) is 7.03. The van der Waals surface area contributed by atoms with Crippen molar-refractivity contribution >= 4 is 22.3 Å². The summed E-state index contributed by atoms with van der Waals surface area (Å²) in [5, 5.41) is 9.64. The Kier molecular flexibility index (Phi) is 3.85. The molecule has 1 aliphatic heterocycles. The van der Waals surface area contributed by atoms with Crippen molar-refractivity contribution in [3.05, 3.63) is 30.5 Å². The third-order valence-corrected chi connectivity index (χ3v) is 4.89. The number of anilines is 2. The lowest BCUT2D eigenvalue weighted by atomic mass is 10.1. The molecule has 0 amide bonds. The van der Waals surface area contributed by atoms with Crippen LogP contribution in [-0.4, -0.2) is 37.2 Å². The normalized spacial score (nSPS) is 19.7. The fourth-order valence-corrected chi connectivity index (χ4v) is 3.69. The van der Waals surface area contributed by atoms with Crippen LogP contribution in [0.2, 0.25) is 0 Å². The van der Waals surface area contributed by atoms with E-state index in [1.54, 1.807) is 0 Å². The van der Waals surface area contributed by atoms with Crippen LogP contribution in [0.25, 0.3) is 10.8 Å². The highest BCUT2D eigenvalue weighted by Crippen LogP contribution is 2.29. The number of nitrogens with one attached hydrogen (secondary N) is 2. The van der Waals surface area contributed by atoms with Crippen molar-refractivity contribution in [3.63, 3.8) is 0 Å². The second-order valence-electron chi connectivity index (χ2n) is 6.43. The van der Waals surface area contributed by atoms with Gasteiger partial charge in [-0.2, -0.15) is 0 Å². The van der Waals surface area contributed by atoms with Crippen molar-refractivity contribution in [2.45, 2.75) is 31.7 Å². The predicted octanol–water partition coefficient (Wildman–Crippen LogP) is 3.00. The van der Waals surface area contributed by atoms with E-state index in [4.69, 9.17) is 0 Å². The van der Waals surface area contributed by atoms with E-state index in [2.05, 4.69) is 44.8 Å². The van der Waals surface area contributed by atoms with Gasteiger partial charge in [-0.05, 0) is 42.5 Å². The van der Waals surface area contributed by atoms with Crippen molar-refractivity contribution in [2.24, 2.45) is 0 Å². The van der Waals surface area contributed by atoms with Crippen LogP contribution in [0.1, 0.15) is 25.7 Å². The summed E-state index contributed by atoms with van der Waals surface area (Å²) in [6, 6.07) is 9.51. The number of hydrogen-bond donors (Lipinski definition) is 2. The van der Waals surface area contributed by atoms with E-state index in [1.807, 2.05) is 6.20 Å². The van der Waals surface area contributed by atoms with Gasteiger partial charge in [-0.15, -0.1) is 0 Å². The summed E-state index contributed by atoms with van der Waals surface area (Å²) in [6.07, 6.45) is 7.28. The summed E-state index contributed by atoms with van der Waals surface area (Å²) in [5.74, 6) is 1.13. The van der Waals surface area contributed by atoms with Crippen LogP contribution in [0.5, 0.6) is 0 Å². The third-order valence-electron chi connectivity index (χ3n) is 4.89. The van der Waals surface area contributed by atoms with Gasteiger partial charge in [0, 0.05) is 49.5 Å². The van der Waals surface area contributed by atoms with Crippen molar-refractivity contribution in [2.75, 3.05) is 36.4 Å². The zero-order chi connectivity index (χ0) is 14.8. The third kappa shape index (κ3) is 2.75. The first-order valence-electron chi connectivity index (χ1n) is 8.51. The van der Waals surface area contributed by atoms with Gasteiger partial charge in [-0.25, -0.2) is 4.98 Å². The predicted molar refractivity (Wildman–Crippen MR) is 92.7 cm³/mol. The van der Waals surface area contributed by atoms with Crippen LogP contribution in [-0.2, 0) is 0 Å². The molecule has 2 aliphatic rings. The Hall–Kier alpha value is -1.81. The molecule has 0 atom stereocenters. The fourth-order valence-electron chi connectivity index (χ4n) is 3.69. The minimum absolute atomic E-state index is 0.659. The molecule has 0 spiro atoms. The molecule has 1 aromatic heterocycles. The van der Waals surface area contributed by atoms with Crippen LogP contribution in [0, 0.1) is 0 Å². The maximum Gasteiger partial charge on any atom is 0.136 e. The second-order valence-corrected chi connectivity index (χ2v) is 6.43. The highest BCUT2D eigenvalue weighted by Gasteiger charge is 2.16. The first kappa shape index (κ1) is 13.8. The molecule has 4 rings (SSSR count). The second kappa shape index (κ2) is 6.13. The molecule has 4 nitrogen and oxygen atoms in total.